The van der Waals surface area contributed by atoms with Crippen LogP contribution in [0.3, 0.4) is 0 Å². The number of hydrogen-bond acceptors (Lipinski definition) is 5. The van der Waals surface area contributed by atoms with E-state index in [9.17, 15) is 9.18 Å². The number of hydrogen-bond donors (Lipinski definition) is 0. The van der Waals surface area contributed by atoms with Crippen LogP contribution in [-0.4, -0.2) is 56.5 Å². The van der Waals surface area contributed by atoms with Crippen molar-refractivity contribution in [3.63, 3.8) is 0 Å². The Hall–Kier alpha value is -3.00. The van der Waals surface area contributed by atoms with Crippen LogP contribution < -0.4 is 4.90 Å². The Morgan fingerprint density at radius 1 is 1.06 bits per heavy atom. The van der Waals surface area contributed by atoms with Crippen molar-refractivity contribution in [3.8, 4) is 5.82 Å². The van der Waals surface area contributed by atoms with E-state index in [0.29, 0.717) is 44.8 Å². The average molecular weight is 457 g/mol. The largest absolute Gasteiger partial charge is 0.353 e. The van der Waals surface area contributed by atoms with E-state index in [4.69, 9.17) is 11.6 Å². The molecule has 32 heavy (non-hydrogen) atoms. The molecule has 168 valence electrons. The molecule has 1 amide bonds. The number of benzene rings is 1. The molecule has 1 aliphatic heterocycles. The van der Waals surface area contributed by atoms with Gasteiger partial charge in [-0.25, -0.2) is 19.3 Å². The molecule has 1 saturated heterocycles. The number of anilines is 1. The van der Waals surface area contributed by atoms with E-state index in [2.05, 4.69) is 19.9 Å². The zero-order valence-corrected chi connectivity index (χ0v) is 19.2. The lowest BCUT2D eigenvalue weighted by molar-refractivity contribution is -0.131. The van der Waals surface area contributed by atoms with Crippen LogP contribution in [0, 0.1) is 26.6 Å². The van der Waals surface area contributed by atoms with Crippen molar-refractivity contribution in [2.45, 2.75) is 33.6 Å². The summed E-state index contributed by atoms with van der Waals surface area (Å²) < 4.78 is 15.3. The van der Waals surface area contributed by atoms with Gasteiger partial charge in [-0.2, -0.15) is 0 Å². The van der Waals surface area contributed by atoms with Crippen molar-refractivity contribution < 1.29 is 9.18 Å². The van der Waals surface area contributed by atoms with Crippen molar-refractivity contribution >= 4 is 23.3 Å². The Morgan fingerprint density at radius 2 is 1.78 bits per heavy atom. The molecule has 0 unspecified atom stereocenters. The van der Waals surface area contributed by atoms with Crippen molar-refractivity contribution in [2.75, 3.05) is 31.1 Å². The van der Waals surface area contributed by atoms with Gasteiger partial charge in [0.2, 0.25) is 5.91 Å². The highest BCUT2D eigenvalue weighted by atomic mass is 35.5. The third kappa shape index (κ3) is 4.75. The van der Waals surface area contributed by atoms with Gasteiger partial charge in [0.25, 0.3) is 0 Å². The first-order valence-corrected chi connectivity index (χ1v) is 11.0. The molecule has 7 nitrogen and oxygen atoms in total. The number of aromatic nitrogens is 4. The van der Waals surface area contributed by atoms with E-state index in [0.717, 1.165) is 28.6 Å². The van der Waals surface area contributed by atoms with E-state index in [-0.39, 0.29) is 10.9 Å². The van der Waals surface area contributed by atoms with Gasteiger partial charge in [-0.3, -0.25) is 9.36 Å². The Labute approximate surface area is 191 Å². The number of piperazine rings is 1. The SMILES string of the molecule is Cc1nc(N2CCN(C(=O)CCc3ccc(F)c(Cl)c3)CC2)cc(-n2cnc(C)c2C)n1. The van der Waals surface area contributed by atoms with Crippen LogP contribution in [0.25, 0.3) is 5.82 Å². The maximum absolute atomic E-state index is 13.3. The van der Waals surface area contributed by atoms with Crippen LogP contribution >= 0.6 is 11.6 Å². The fourth-order valence-corrected chi connectivity index (χ4v) is 4.04. The van der Waals surface area contributed by atoms with Crippen molar-refractivity contribution in [1.82, 2.24) is 24.4 Å². The molecule has 0 atom stereocenters. The minimum Gasteiger partial charge on any atom is -0.353 e. The number of carbonyl (C=O) groups excluding carboxylic acids is 1. The fraction of sp³-hybridized carbons (Fsp3) is 0.391. The van der Waals surface area contributed by atoms with Gasteiger partial charge in [0.05, 0.1) is 10.7 Å². The highest BCUT2D eigenvalue weighted by molar-refractivity contribution is 6.30. The molecule has 0 saturated carbocycles. The van der Waals surface area contributed by atoms with E-state index >= 15 is 0 Å². The summed E-state index contributed by atoms with van der Waals surface area (Å²) in [5.74, 6) is 1.99. The molecule has 0 N–H and O–H groups in total. The molecular formula is C23H26ClFN6O. The molecule has 1 aromatic carbocycles. The van der Waals surface area contributed by atoms with Gasteiger partial charge >= 0.3 is 0 Å². The number of rotatable bonds is 5. The lowest BCUT2D eigenvalue weighted by Gasteiger charge is -2.35. The summed E-state index contributed by atoms with van der Waals surface area (Å²) in [4.78, 5) is 30.3. The second kappa shape index (κ2) is 9.24. The van der Waals surface area contributed by atoms with Crippen molar-refractivity contribution in [1.29, 1.82) is 0 Å². The van der Waals surface area contributed by atoms with Crippen LogP contribution in [0.1, 0.15) is 29.2 Å². The molecule has 0 aliphatic carbocycles. The molecular weight excluding hydrogens is 431 g/mol. The summed E-state index contributed by atoms with van der Waals surface area (Å²) in [6, 6.07) is 6.56. The molecule has 2 aromatic heterocycles. The molecule has 9 heteroatoms. The number of halogens is 2. The first kappa shape index (κ1) is 22.2. The second-order valence-corrected chi connectivity index (χ2v) is 8.44. The van der Waals surface area contributed by atoms with Crippen LogP contribution in [0.4, 0.5) is 10.2 Å². The normalized spacial score (nSPS) is 14.2. The Kier molecular flexibility index (Phi) is 6.41. The number of aryl methyl sites for hydroxylation is 3. The number of imidazole rings is 1. The van der Waals surface area contributed by atoms with Crippen molar-refractivity contribution in [3.05, 3.63) is 64.2 Å². The Bertz CT molecular complexity index is 1140. The minimum absolute atomic E-state index is 0.0872. The first-order chi connectivity index (χ1) is 15.3. The number of nitrogens with zero attached hydrogens (tertiary/aromatic N) is 6. The van der Waals surface area contributed by atoms with Crippen LogP contribution in [0.15, 0.2) is 30.6 Å². The van der Waals surface area contributed by atoms with Gasteiger partial charge in [0.1, 0.15) is 29.6 Å². The lowest BCUT2D eigenvalue weighted by atomic mass is 10.1. The zero-order chi connectivity index (χ0) is 22.8. The summed E-state index contributed by atoms with van der Waals surface area (Å²) in [6.45, 7) is 8.53. The smallest absolute Gasteiger partial charge is 0.223 e. The van der Waals surface area contributed by atoms with E-state index in [1.165, 1.54) is 6.07 Å². The molecule has 1 aliphatic rings. The minimum atomic E-state index is -0.445. The third-order valence-corrected chi connectivity index (χ3v) is 6.17. The van der Waals surface area contributed by atoms with E-state index in [1.807, 2.05) is 36.3 Å². The van der Waals surface area contributed by atoms with Crippen LogP contribution in [0.2, 0.25) is 5.02 Å². The first-order valence-electron chi connectivity index (χ1n) is 10.6. The highest BCUT2D eigenvalue weighted by Crippen LogP contribution is 2.21. The molecule has 3 aromatic rings. The van der Waals surface area contributed by atoms with Gasteiger partial charge < -0.3 is 9.80 Å². The van der Waals surface area contributed by atoms with Gasteiger partial charge in [0, 0.05) is 44.4 Å². The quantitative estimate of drug-likeness (QED) is 0.586. The summed E-state index contributed by atoms with van der Waals surface area (Å²) in [5, 5.41) is 0.0872. The molecule has 4 rings (SSSR count). The maximum Gasteiger partial charge on any atom is 0.223 e. The summed E-state index contributed by atoms with van der Waals surface area (Å²) in [7, 11) is 0. The fourth-order valence-electron chi connectivity index (χ4n) is 3.84. The third-order valence-electron chi connectivity index (χ3n) is 5.88. The number of amides is 1. The standard InChI is InChI=1S/C23H26ClFN6O/c1-15-16(2)31(14-26-15)22-13-21(27-17(3)28-22)29-8-10-30(11-9-29)23(32)7-5-18-4-6-20(25)19(24)12-18/h4,6,12-14H,5,7-11H2,1-3H3. The lowest BCUT2D eigenvalue weighted by Crippen LogP contribution is -2.49. The highest BCUT2D eigenvalue weighted by Gasteiger charge is 2.23. The maximum atomic E-state index is 13.3. The Balaban J connectivity index is 1.37. The Morgan fingerprint density at radius 3 is 2.44 bits per heavy atom. The van der Waals surface area contributed by atoms with Gasteiger partial charge in [-0.15, -0.1) is 0 Å². The van der Waals surface area contributed by atoms with Gasteiger partial charge in [-0.05, 0) is 44.9 Å². The van der Waals surface area contributed by atoms with E-state index < -0.39 is 5.82 Å². The van der Waals surface area contributed by atoms with Crippen LogP contribution in [-0.2, 0) is 11.2 Å². The monoisotopic (exact) mass is 456 g/mol. The summed E-state index contributed by atoms with van der Waals surface area (Å²) in [6.07, 6.45) is 2.69. The van der Waals surface area contributed by atoms with Crippen LogP contribution in [0.5, 0.6) is 0 Å². The predicted molar refractivity (Wildman–Crippen MR) is 122 cm³/mol. The van der Waals surface area contributed by atoms with E-state index in [1.54, 1.807) is 18.5 Å². The number of carbonyl (C=O) groups is 1. The summed E-state index contributed by atoms with van der Waals surface area (Å²) >= 11 is 5.83. The molecule has 0 bridgehead atoms. The van der Waals surface area contributed by atoms with Gasteiger partial charge in [-0.1, -0.05) is 17.7 Å². The molecule has 3 heterocycles. The van der Waals surface area contributed by atoms with Gasteiger partial charge in [0.15, 0.2) is 0 Å². The molecule has 0 spiro atoms. The summed E-state index contributed by atoms with van der Waals surface area (Å²) in [5.41, 5.74) is 2.88. The topological polar surface area (TPSA) is 67.2 Å². The predicted octanol–water partition coefficient (Wildman–Crippen LogP) is 3.66. The molecule has 0 radical (unpaired) electrons. The second-order valence-electron chi connectivity index (χ2n) is 8.03. The molecule has 1 fully saturated rings. The zero-order valence-electron chi connectivity index (χ0n) is 18.5. The van der Waals surface area contributed by atoms with Crippen molar-refractivity contribution in [2.24, 2.45) is 0 Å². The average Bonchev–Trinajstić information content (AvgIpc) is 3.12.